The Morgan fingerprint density at radius 1 is 1.16 bits per heavy atom. The monoisotopic (exact) mass is 435 g/mol. The molecule has 3 N–H and O–H groups in total. The highest BCUT2D eigenvalue weighted by Gasteiger charge is 2.27. The Morgan fingerprint density at radius 3 is 2.42 bits per heavy atom. The van der Waals surface area contributed by atoms with Crippen molar-refractivity contribution in [2.75, 3.05) is 26.8 Å². The Balaban J connectivity index is 1.77. The zero-order chi connectivity index (χ0) is 23.0. The minimum Gasteiger partial charge on any atom is -0.493 e. The third kappa shape index (κ3) is 8.35. The number of nitrogens with two attached hydrogens (primary N) is 1. The summed E-state index contributed by atoms with van der Waals surface area (Å²) in [6, 6.07) is 5.21. The van der Waals surface area contributed by atoms with Crippen molar-refractivity contribution in [3.63, 3.8) is 0 Å². The van der Waals surface area contributed by atoms with Gasteiger partial charge in [0.15, 0.2) is 18.1 Å². The lowest BCUT2D eigenvalue weighted by Gasteiger charge is -2.33. The van der Waals surface area contributed by atoms with Crippen molar-refractivity contribution in [3.05, 3.63) is 23.8 Å². The largest absolute Gasteiger partial charge is 0.493 e. The minimum absolute atomic E-state index is 0.0382. The zero-order valence-electron chi connectivity index (χ0n) is 18.7. The molecule has 0 saturated carbocycles. The fraction of sp³-hybridized carbons (Fsp3) is 0.591. The van der Waals surface area contributed by atoms with Gasteiger partial charge in [-0.1, -0.05) is 6.07 Å². The van der Waals surface area contributed by atoms with Crippen LogP contribution in [-0.4, -0.2) is 55.2 Å². The van der Waals surface area contributed by atoms with E-state index in [1.165, 1.54) is 7.11 Å². The first-order chi connectivity index (χ1) is 14.6. The molecule has 0 aliphatic carbocycles. The van der Waals surface area contributed by atoms with Crippen molar-refractivity contribution in [2.24, 2.45) is 11.7 Å². The molecule has 0 atom stereocenters. The number of likely N-dealkylation sites (tertiary alicyclic amines) is 1. The highest BCUT2D eigenvalue weighted by atomic mass is 16.6. The summed E-state index contributed by atoms with van der Waals surface area (Å²) >= 11 is 0. The first-order valence-corrected chi connectivity index (χ1v) is 10.4. The van der Waals surface area contributed by atoms with Gasteiger partial charge in [-0.05, 0) is 57.2 Å². The predicted molar refractivity (Wildman–Crippen MR) is 115 cm³/mol. The lowest BCUT2D eigenvalue weighted by atomic mass is 9.93. The molecule has 1 saturated heterocycles. The summed E-state index contributed by atoms with van der Waals surface area (Å²) in [7, 11) is 1.50. The van der Waals surface area contributed by atoms with Crippen LogP contribution in [0, 0.1) is 5.92 Å². The molecule has 31 heavy (non-hydrogen) atoms. The van der Waals surface area contributed by atoms with Gasteiger partial charge in [-0.15, -0.1) is 0 Å². The summed E-state index contributed by atoms with van der Waals surface area (Å²) < 4.78 is 16.0. The normalized spacial score (nSPS) is 14.6. The van der Waals surface area contributed by atoms with Crippen LogP contribution in [0.2, 0.25) is 0 Å². The molecule has 9 heteroatoms. The Kier molecular flexibility index (Phi) is 8.53. The van der Waals surface area contributed by atoms with Crippen LogP contribution in [0.25, 0.3) is 0 Å². The Morgan fingerprint density at radius 2 is 1.84 bits per heavy atom. The summed E-state index contributed by atoms with van der Waals surface area (Å²) in [4.78, 5) is 37.1. The second-order valence-electron chi connectivity index (χ2n) is 8.63. The van der Waals surface area contributed by atoms with Crippen LogP contribution < -0.4 is 20.5 Å². The van der Waals surface area contributed by atoms with Crippen LogP contribution in [0.1, 0.15) is 45.6 Å². The van der Waals surface area contributed by atoms with Gasteiger partial charge < -0.3 is 30.2 Å². The summed E-state index contributed by atoms with van der Waals surface area (Å²) in [5.41, 5.74) is 5.42. The molecular formula is C22H33N3O6. The fourth-order valence-corrected chi connectivity index (χ4v) is 3.27. The van der Waals surface area contributed by atoms with Gasteiger partial charge in [-0.25, -0.2) is 4.79 Å². The van der Waals surface area contributed by atoms with Crippen molar-refractivity contribution < 1.29 is 28.6 Å². The van der Waals surface area contributed by atoms with E-state index in [2.05, 4.69) is 5.32 Å². The standard InChI is InChI=1S/C22H33N3O6/c1-22(2,3)31-21(28)25-9-7-15(8-10-25)12-20(27)24-13-16-5-6-17(18(11-16)29-4)30-14-19(23)26/h5-6,11,15H,7-10,12-14H2,1-4H3,(H2,23,26)(H,24,27). The van der Waals surface area contributed by atoms with Crippen LogP contribution >= 0.6 is 0 Å². The summed E-state index contributed by atoms with van der Waals surface area (Å²) in [6.45, 7) is 6.84. The lowest BCUT2D eigenvalue weighted by Crippen LogP contribution is -2.42. The second-order valence-corrected chi connectivity index (χ2v) is 8.63. The number of hydrogen-bond donors (Lipinski definition) is 2. The first kappa shape index (κ1) is 24.3. The molecule has 0 radical (unpaired) electrons. The number of amides is 3. The quantitative estimate of drug-likeness (QED) is 0.646. The molecule has 172 valence electrons. The summed E-state index contributed by atoms with van der Waals surface area (Å²) in [5.74, 6) is 0.493. The van der Waals surface area contributed by atoms with E-state index in [0.717, 1.165) is 18.4 Å². The third-order valence-electron chi connectivity index (χ3n) is 4.83. The maximum Gasteiger partial charge on any atom is 0.410 e. The van der Waals surface area contributed by atoms with E-state index in [1.807, 2.05) is 20.8 Å². The number of piperidine rings is 1. The molecule has 1 fully saturated rings. The predicted octanol–water partition coefficient (Wildman–Crippen LogP) is 2.21. The molecule has 0 aromatic heterocycles. The van der Waals surface area contributed by atoms with Crippen molar-refractivity contribution in [2.45, 2.75) is 52.2 Å². The van der Waals surface area contributed by atoms with Gasteiger partial charge in [0.2, 0.25) is 5.91 Å². The van der Waals surface area contributed by atoms with E-state index >= 15 is 0 Å². The van der Waals surface area contributed by atoms with Gasteiger partial charge in [-0.2, -0.15) is 0 Å². The number of nitrogens with one attached hydrogen (secondary N) is 1. The van der Waals surface area contributed by atoms with Crippen LogP contribution in [0.5, 0.6) is 11.5 Å². The topological polar surface area (TPSA) is 120 Å². The van der Waals surface area contributed by atoms with Crippen molar-refractivity contribution >= 4 is 17.9 Å². The molecule has 1 heterocycles. The van der Waals surface area contributed by atoms with E-state index in [-0.39, 0.29) is 24.5 Å². The lowest BCUT2D eigenvalue weighted by molar-refractivity contribution is -0.122. The molecule has 9 nitrogen and oxygen atoms in total. The minimum atomic E-state index is -0.574. The van der Waals surface area contributed by atoms with E-state index < -0.39 is 11.5 Å². The molecule has 1 aromatic rings. The molecule has 1 aromatic carbocycles. The average Bonchev–Trinajstić information content (AvgIpc) is 2.70. The SMILES string of the molecule is COc1cc(CNC(=O)CC2CCN(C(=O)OC(C)(C)C)CC2)ccc1OCC(N)=O. The van der Waals surface area contributed by atoms with E-state index in [4.69, 9.17) is 19.9 Å². The highest BCUT2D eigenvalue weighted by molar-refractivity contribution is 5.76. The van der Waals surface area contributed by atoms with Gasteiger partial charge in [0.25, 0.3) is 5.91 Å². The Hall–Kier alpha value is -2.97. The summed E-state index contributed by atoms with van der Waals surface area (Å²) in [5, 5.41) is 2.92. The number of rotatable bonds is 8. The molecule has 3 amide bonds. The molecule has 0 bridgehead atoms. The van der Waals surface area contributed by atoms with Gasteiger partial charge >= 0.3 is 6.09 Å². The smallest absolute Gasteiger partial charge is 0.410 e. The number of nitrogens with zero attached hydrogens (tertiary/aromatic N) is 1. The number of primary amides is 1. The number of ether oxygens (including phenoxy) is 3. The van der Waals surface area contributed by atoms with Gasteiger partial charge in [-0.3, -0.25) is 9.59 Å². The highest BCUT2D eigenvalue weighted by Crippen LogP contribution is 2.28. The van der Waals surface area contributed by atoms with Crippen molar-refractivity contribution in [1.82, 2.24) is 10.2 Å². The average molecular weight is 436 g/mol. The number of hydrogen-bond acceptors (Lipinski definition) is 6. The van der Waals surface area contributed by atoms with E-state index in [0.29, 0.717) is 37.6 Å². The number of methoxy groups -OCH3 is 1. The van der Waals surface area contributed by atoms with Gasteiger partial charge in [0.1, 0.15) is 5.60 Å². The third-order valence-corrected chi connectivity index (χ3v) is 4.83. The van der Waals surface area contributed by atoms with Crippen LogP contribution in [-0.2, 0) is 20.9 Å². The molecule has 0 unspecified atom stereocenters. The van der Waals surface area contributed by atoms with Crippen molar-refractivity contribution in [3.8, 4) is 11.5 Å². The molecular weight excluding hydrogens is 402 g/mol. The van der Waals surface area contributed by atoms with E-state index in [9.17, 15) is 14.4 Å². The maximum absolute atomic E-state index is 12.4. The molecule has 0 spiro atoms. The number of benzene rings is 1. The zero-order valence-corrected chi connectivity index (χ0v) is 18.7. The van der Waals surface area contributed by atoms with Crippen molar-refractivity contribution in [1.29, 1.82) is 0 Å². The van der Waals surface area contributed by atoms with E-state index in [1.54, 1.807) is 23.1 Å². The van der Waals surface area contributed by atoms with Crippen LogP contribution in [0.15, 0.2) is 18.2 Å². The molecule has 2 rings (SSSR count). The Bertz CT molecular complexity index is 782. The first-order valence-electron chi connectivity index (χ1n) is 10.4. The molecule has 1 aliphatic rings. The molecule has 1 aliphatic heterocycles. The summed E-state index contributed by atoms with van der Waals surface area (Å²) in [6.07, 6.45) is 1.66. The Labute approximate surface area is 183 Å². The van der Waals surface area contributed by atoms with Crippen LogP contribution in [0.4, 0.5) is 4.79 Å². The van der Waals surface area contributed by atoms with Gasteiger partial charge in [0.05, 0.1) is 7.11 Å². The maximum atomic E-state index is 12.4. The fourth-order valence-electron chi connectivity index (χ4n) is 3.27. The second kappa shape index (κ2) is 10.9. The number of carbonyl (C=O) groups excluding carboxylic acids is 3. The number of carbonyl (C=O) groups is 3. The van der Waals surface area contributed by atoms with Gasteiger partial charge in [0, 0.05) is 26.1 Å². The van der Waals surface area contributed by atoms with Crippen LogP contribution in [0.3, 0.4) is 0 Å².